The summed E-state index contributed by atoms with van der Waals surface area (Å²) in [6.07, 6.45) is 1.62. The number of nitrogens with two attached hydrogens (primary N) is 2. The molecule has 0 amide bonds. The van der Waals surface area contributed by atoms with Crippen molar-refractivity contribution in [2.24, 2.45) is 11.5 Å². The summed E-state index contributed by atoms with van der Waals surface area (Å²) in [5.74, 6) is 0. The van der Waals surface area contributed by atoms with Gasteiger partial charge in [-0.05, 0) is 12.3 Å². The summed E-state index contributed by atoms with van der Waals surface area (Å²) in [5, 5.41) is 0. The molecule has 0 saturated heterocycles. The quantitative estimate of drug-likeness (QED) is 0.489. The maximum atomic E-state index is 5.40. The van der Waals surface area contributed by atoms with Crippen LogP contribution in [0.1, 0.15) is 0 Å². The second-order valence-electron chi connectivity index (χ2n) is 2.57. The van der Waals surface area contributed by atoms with Crippen LogP contribution < -0.4 is 11.5 Å². The molecule has 0 atom stereocenters. The lowest BCUT2D eigenvalue weighted by Crippen LogP contribution is -2.44. The standard InChI is InChI=1S/C4H14N2Si/c1-7(2,3-5)4-6/h3-6H2,1-2H3. The van der Waals surface area contributed by atoms with E-state index in [0.717, 1.165) is 12.3 Å². The molecule has 0 saturated carbocycles. The summed E-state index contributed by atoms with van der Waals surface area (Å²) in [6, 6.07) is 0. The van der Waals surface area contributed by atoms with Gasteiger partial charge in [0.1, 0.15) is 0 Å². The zero-order valence-electron chi connectivity index (χ0n) is 5.07. The van der Waals surface area contributed by atoms with Crippen molar-refractivity contribution in [2.45, 2.75) is 13.1 Å². The Kier molecular flexibility index (Phi) is 2.49. The summed E-state index contributed by atoms with van der Waals surface area (Å²) in [6.45, 7) is 4.38. The van der Waals surface area contributed by atoms with Crippen molar-refractivity contribution < 1.29 is 0 Å². The van der Waals surface area contributed by atoms with Crippen molar-refractivity contribution in [3.05, 3.63) is 0 Å². The fourth-order valence-corrected chi connectivity index (χ4v) is 0.250. The number of rotatable bonds is 2. The van der Waals surface area contributed by atoms with Crippen LogP contribution in [0.4, 0.5) is 0 Å². The van der Waals surface area contributed by atoms with E-state index in [1.54, 1.807) is 0 Å². The van der Waals surface area contributed by atoms with Gasteiger partial charge in [-0.15, -0.1) is 0 Å². The Bertz CT molecular complexity index is 47.7. The van der Waals surface area contributed by atoms with Crippen molar-refractivity contribution in [1.29, 1.82) is 0 Å². The van der Waals surface area contributed by atoms with E-state index in [9.17, 15) is 0 Å². The van der Waals surface area contributed by atoms with Crippen molar-refractivity contribution in [1.82, 2.24) is 0 Å². The van der Waals surface area contributed by atoms with E-state index in [2.05, 4.69) is 13.1 Å². The van der Waals surface area contributed by atoms with Gasteiger partial charge in [-0.1, -0.05) is 13.1 Å². The van der Waals surface area contributed by atoms with E-state index in [1.807, 2.05) is 0 Å². The van der Waals surface area contributed by atoms with Gasteiger partial charge in [0.05, 0.1) is 8.07 Å². The topological polar surface area (TPSA) is 52.0 Å². The van der Waals surface area contributed by atoms with Crippen LogP contribution in [0.15, 0.2) is 0 Å². The third-order valence-corrected chi connectivity index (χ3v) is 3.32. The Morgan fingerprint density at radius 1 is 1.14 bits per heavy atom. The molecule has 0 aliphatic carbocycles. The first-order valence-corrected chi connectivity index (χ1v) is 5.94. The summed E-state index contributed by atoms with van der Waals surface area (Å²) in [7, 11) is -1.10. The lowest BCUT2D eigenvalue weighted by atomic mass is 11.5. The molecule has 0 fully saturated rings. The van der Waals surface area contributed by atoms with Crippen molar-refractivity contribution in [3.8, 4) is 0 Å². The van der Waals surface area contributed by atoms with E-state index in [0.29, 0.717) is 0 Å². The van der Waals surface area contributed by atoms with Gasteiger partial charge in [0.15, 0.2) is 0 Å². The Labute approximate surface area is 45.9 Å². The molecule has 0 spiro atoms. The van der Waals surface area contributed by atoms with Gasteiger partial charge in [-0.25, -0.2) is 0 Å². The maximum absolute atomic E-state index is 5.40. The lowest BCUT2D eigenvalue weighted by Gasteiger charge is -2.15. The van der Waals surface area contributed by atoms with Crippen LogP contribution >= 0.6 is 0 Å². The second kappa shape index (κ2) is 2.45. The lowest BCUT2D eigenvalue weighted by molar-refractivity contribution is 1.20. The largest absolute Gasteiger partial charge is 0.333 e. The fourth-order valence-electron chi connectivity index (χ4n) is 0.0833. The van der Waals surface area contributed by atoms with Crippen LogP contribution in [0, 0.1) is 0 Å². The zero-order valence-corrected chi connectivity index (χ0v) is 6.07. The molecule has 4 N–H and O–H groups in total. The molecule has 2 nitrogen and oxygen atoms in total. The summed E-state index contributed by atoms with van der Waals surface area (Å²) < 4.78 is 0. The molecule has 0 aromatic rings. The van der Waals surface area contributed by atoms with E-state index < -0.39 is 8.07 Å². The molecule has 3 heteroatoms. The average Bonchev–Trinajstić information content (AvgIpc) is 1.68. The van der Waals surface area contributed by atoms with Gasteiger partial charge in [-0.3, -0.25) is 0 Å². The SMILES string of the molecule is C[Si](C)(CN)CN. The molecular weight excluding hydrogens is 104 g/mol. The predicted octanol–water partition coefficient (Wildman–Crippen LogP) is -0.309. The van der Waals surface area contributed by atoms with Crippen molar-refractivity contribution >= 4 is 8.07 Å². The van der Waals surface area contributed by atoms with Gasteiger partial charge < -0.3 is 11.5 Å². The van der Waals surface area contributed by atoms with Gasteiger partial charge in [0, 0.05) is 0 Å². The highest BCUT2D eigenvalue weighted by molar-refractivity contribution is 6.77. The van der Waals surface area contributed by atoms with Gasteiger partial charge in [0.2, 0.25) is 0 Å². The monoisotopic (exact) mass is 118 g/mol. The maximum Gasteiger partial charge on any atom is 0.0766 e. The number of hydrogen-bond donors (Lipinski definition) is 2. The van der Waals surface area contributed by atoms with Crippen LogP contribution in [0.25, 0.3) is 0 Å². The van der Waals surface area contributed by atoms with Crippen LogP contribution in [0.2, 0.25) is 13.1 Å². The Morgan fingerprint density at radius 2 is 1.43 bits per heavy atom. The second-order valence-corrected chi connectivity index (χ2v) is 7.72. The third-order valence-electron chi connectivity index (χ3n) is 1.11. The van der Waals surface area contributed by atoms with E-state index in [-0.39, 0.29) is 0 Å². The summed E-state index contributed by atoms with van der Waals surface area (Å²) >= 11 is 0. The first-order chi connectivity index (χ1) is 3.12. The average molecular weight is 118 g/mol. The van der Waals surface area contributed by atoms with Gasteiger partial charge in [0.25, 0.3) is 0 Å². The Hall–Kier alpha value is 0.137. The normalized spacial score (nSPS) is 12.0. The Morgan fingerprint density at radius 3 is 1.43 bits per heavy atom. The van der Waals surface area contributed by atoms with E-state index >= 15 is 0 Å². The molecule has 0 heterocycles. The van der Waals surface area contributed by atoms with Crippen LogP contribution in [-0.4, -0.2) is 20.4 Å². The van der Waals surface area contributed by atoms with Crippen molar-refractivity contribution in [2.75, 3.05) is 12.3 Å². The molecule has 0 bridgehead atoms. The summed E-state index contributed by atoms with van der Waals surface area (Å²) in [4.78, 5) is 0. The Balaban J connectivity index is 3.36. The minimum atomic E-state index is -1.10. The van der Waals surface area contributed by atoms with Crippen LogP contribution in [0.3, 0.4) is 0 Å². The first kappa shape index (κ1) is 7.14. The highest BCUT2D eigenvalue weighted by Crippen LogP contribution is 1.92. The fraction of sp³-hybridized carbons (Fsp3) is 1.00. The highest BCUT2D eigenvalue weighted by Gasteiger charge is 2.14. The first-order valence-electron chi connectivity index (χ1n) is 2.52. The molecule has 0 radical (unpaired) electrons. The molecule has 0 aliphatic rings. The van der Waals surface area contributed by atoms with Crippen LogP contribution in [0.5, 0.6) is 0 Å². The smallest absolute Gasteiger partial charge is 0.0766 e. The van der Waals surface area contributed by atoms with E-state index in [1.165, 1.54) is 0 Å². The molecule has 0 unspecified atom stereocenters. The van der Waals surface area contributed by atoms with Crippen molar-refractivity contribution in [3.63, 3.8) is 0 Å². The zero-order chi connectivity index (χ0) is 5.91. The molecule has 0 aromatic heterocycles. The minimum Gasteiger partial charge on any atom is -0.333 e. The van der Waals surface area contributed by atoms with Crippen LogP contribution in [-0.2, 0) is 0 Å². The number of hydrogen-bond acceptors (Lipinski definition) is 2. The summed E-state index contributed by atoms with van der Waals surface area (Å²) in [5.41, 5.74) is 10.8. The molecule has 0 rings (SSSR count). The predicted molar refractivity (Wildman–Crippen MR) is 35.6 cm³/mol. The molecule has 0 aliphatic heterocycles. The third kappa shape index (κ3) is 2.79. The minimum absolute atomic E-state index is 0.809. The molecular formula is C4H14N2Si. The van der Waals surface area contributed by atoms with Gasteiger partial charge in [-0.2, -0.15) is 0 Å². The molecule has 7 heavy (non-hydrogen) atoms. The van der Waals surface area contributed by atoms with Gasteiger partial charge >= 0.3 is 0 Å². The van der Waals surface area contributed by atoms with E-state index in [4.69, 9.17) is 11.5 Å². The highest BCUT2D eigenvalue weighted by atomic mass is 28.3. The molecule has 0 aromatic carbocycles. The molecule has 44 valence electrons.